The highest BCUT2D eigenvalue weighted by Gasteiger charge is 2.18. The third-order valence-electron chi connectivity index (χ3n) is 2.37. The predicted molar refractivity (Wildman–Crippen MR) is 62.2 cm³/mol. The number of rotatable bonds is 6. The van der Waals surface area contributed by atoms with Crippen LogP contribution in [0.5, 0.6) is 0 Å². The summed E-state index contributed by atoms with van der Waals surface area (Å²) in [6, 6.07) is 10.0. The van der Waals surface area contributed by atoms with E-state index in [4.69, 9.17) is 9.47 Å². The molecule has 1 aromatic carbocycles. The first kappa shape index (κ1) is 12.7. The van der Waals surface area contributed by atoms with Gasteiger partial charge in [-0.05, 0) is 25.3 Å². The van der Waals surface area contributed by atoms with Crippen LogP contribution < -0.4 is 0 Å². The van der Waals surface area contributed by atoms with E-state index in [-0.39, 0.29) is 5.97 Å². The van der Waals surface area contributed by atoms with Crippen molar-refractivity contribution in [1.29, 1.82) is 0 Å². The van der Waals surface area contributed by atoms with Gasteiger partial charge in [-0.1, -0.05) is 30.3 Å². The van der Waals surface area contributed by atoms with Crippen LogP contribution in [-0.2, 0) is 20.7 Å². The van der Waals surface area contributed by atoms with Crippen molar-refractivity contribution >= 4 is 5.97 Å². The normalized spacial score (nSPS) is 12.1. The van der Waals surface area contributed by atoms with Crippen LogP contribution in [0.25, 0.3) is 0 Å². The lowest BCUT2D eigenvalue weighted by Gasteiger charge is -2.13. The fourth-order valence-electron chi connectivity index (χ4n) is 1.51. The summed E-state index contributed by atoms with van der Waals surface area (Å²) in [4.78, 5) is 11.4. The molecule has 3 heteroatoms. The van der Waals surface area contributed by atoms with Crippen LogP contribution in [0.1, 0.15) is 18.9 Å². The summed E-state index contributed by atoms with van der Waals surface area (Å²) < 4.78 is 10.0. The topological polar surface area (TPSA) is 35.5 Å². The van der Waals surface area contributed by atoms with E-state index in [0.29, 0.717) is 13.0 Å². The zero-order chi connectivity index (χ0) is 11.8. The van der Waals surface area contributed by atoms with Crippen molar-refractivity contribution in [3.05, 3.63) is 35.9 Å². The molecule has 1 unspecified atom stereocenters. The second-order valence-corrected chi connectivity index (χ2v) is 3.50. The van der Waals surface area contributed by atoms with Gasteiger partial charge >= 0.3 is 5.97 Å². The van der Waals surface area contributed by atoms with E-state index in [0.717, 1.165) is 6.42 Å². The summed E-state index contributed by atoms with van der Waals surface area (Å²) in [6.07, 6.45) is 1.01. The summed E-state index contributed by atoms with van der Waals surface area (Å²) in [5.41, 5.74) is 1.20. The third kappa shape index (κ3) is 4.03. The van der Waals surface area contributed by atoms with Crippen LogP contribution in [-0.4, -0.2) is 25.8 Å². The number of carbonyl (C=O) groups is 1. The summed E-state index contributed by atoms with van der Waals surface area (Å²) in [5.74, 6) is -0.277. The number of benzene rings is 1. The SMILES string of the molecule is CCOC(=O)C(CCc1ccccc1)OC. The lowest BCUT2D eigenvalue weighted by atomic mass is 10.1. The highest BCUT2D eigenvalue weighted by Crippen LogP contribution is 2.08. The molecule has 0 aliphatic carbocycles. The quantitative estimate of drug-likeness (QED) is 0.692. The molecule has 0 saturated carbocycles. The molecule has 0 N–H and O–H groups in total. The molecule has 0 amide bonds. The predicted octanol–water partition coefficient (Wildman–Crippen LogP) is 2.20. The first-order valence-electron chi connectivity index (χ1n) is 5.51. The Morgan fingerprint density at radius 3 is 2.56 bits per heavy atom. The van der Waals surface area contributed by atoms with E-state index in [1.54, 1.807) is 6.92 Å². The average Bonchev–Trinajstić information content (AvgIpc) is 2.31. The van der Waals surface area contributed by atoms with Gasteiger partial charge in [0.25, 0.3) is 0 Å². The van der Waals surface area contributed by atoms with Crippen molar-refractivity contribution in [1.82, 2.24) is 0 Å². The standard InChI is InChI=1S/C13H18O3/c1-3-16-13(14)12(15-2)10-9-11-7-5-4-6-8-11/h4-8,12H,3,9-10H2,1-2H3. The van der Waals surface area contributed by atoms with E-state index >= 15 is 0 Å². The van der Waals surface area contributed by atoms with Crippen LogP contribution in [0.3, 0.4) is 0 Å². The molecular weight excluding hydrogens is 204 g/mol. The fraction of sp³-hybridized carbons (Fsp3) is 0.462. The first-order chi connectivity index (χ1) is 7.77. The van der Waals surface area contributed by atoms with Crippen LogP contribution in [0, 0.1) is 0 Å². The second kappa shape index (κ2) is 7.01. The van der Waals surface area contributed by atoms with Gasteiger partial charge in [0.05, 0.1) is 6.61 Å². The van der Waals surface area contributed by atoms with E-state index in [1.165, 1.54) is 12.7 Å². The van der Waals surface area contributed by atoms with Crippen molar-refractivity contribution in [2.45, 2.75) is 25.9 Å². The molecule has 0 saturated heterocycles. The average molecular weight is 222 g/mol. The Labute approximate surface area is 96.4 Å². The Hall–Kier alpha value is -1.35. The molecule has 0 aromatic heterocycles. The molecule has 0 radical (unpaired) electrons. The molecule has 88 valence electrons. The molecule has 0 spiro atoms. The zero-order valence-electron chi connectivity index (χ0n) is 9.81. The van der Waals surface area contributed by atoms with E-state index in [9.17, 15) is 4.79 Å². The van der Waals surface area contributed by atoms with Gasteiger partial charge in [-0.25, -0.2) is 4.79 Å². The highest BCUT2D eigenvalue weighted by molar-refractivity contribution is 5.74. The Kier molecular flexibility index (Phi) is 5.57. The Bertz CT molecular complexity index is 308. The number of hydrogen-bond donors (Lipinski definition) is 0. The second-order valence-electron chi connectivity index (χ2n) is 3.50. The number of carbonyl (C=O) groups excluding carboxylic acids is 1. The molecular formula is C13H18O3. The van der Waals surface area contributed by atoms with E-state index in [2.05, 4.69) is 0 Å². The first-order valence-corrected chi connectivity index (χ1v) is 5.51. The Balaban J connectivity index is 2.43. The number of esters is 1. The summed E-state index contributed by atoms with van der Waals surface area (Å²) in [5, 5.41) is 0. The molecule has 0 aliphatic heterocycles. The largest absolute Gasteiger partial charge is 0.464 e. The summed E-state index contributed by atoms with van der Waals surface area (Å²) in [6.45, 7) is 2.19. The number of methoxy groups -OCH3 is 1. The van der Waals surface area contributed by atoms with E-state index < -0.39 is 6.10 Å². The molecule has 0 fully saturated rings. The van der Waals surface area contributed by atoms with Crippen LogP contribution in [0.2, 0.25) is 0 Å². The van der Waals surface area contributed by atoms with Gasteiger partial charge in [-0.3, -0.25) is 0 Å². The zero-order valence-corrected chi connectivity index (χ0v) is 9.81. The van der Waals surface area contributed by atoms with Gasteiger partial charge in [0, 0.05) is 7.11 Å². The maximum Gasteiger partial charge on any atom is 0.335 e. The fourth-order valence-corrected chi connectivity index (χ4v) is 1.51. The molecule has 16 heavy (non-hydrogen) atoms. The number of ether oxygens (including phenoxy) is 2. The summed E-state index contributed by atoms with van der Waals surface area (Å²) >= 11 is 0. The molecule has 0 aliphatic rings. The third-order valence-corrected chi connectivity index (χ3v) is 2.37. The van der Waals surface area contributed by atoms with Crippen molar-refractivity contribution in [3.8, 4) is 0 Å². The van der Waals surface area contributed by atoms with Crippen molar-refractivity contribution in [2.75, 3.05) is 13.7 Å². The van der Waals surface area contributed by atoms with Gasteiger partial charge in [-0.15, -0.1) is 0 Å². The van der Waals surface area contributed by atoms with Gasteiger partial charge in [-0.2, -0.15) is 0 Å². The minimum atomic E-state index is -0.458. The molecule has 3 nitrogen and oxygen atoms in total. The van der Waals surface area contributed by atoms with Crippen molar-refractivity contribution in [3.63, 3.8) is 0 Å². The molecule has 0 heterocycles. The molecule has 0 bridgehead atoms. The number of hydrogen-bond acceptors (Lipinski definition) is 3. The Morgan fingerprint density at radius 1 is 1.31 bits per heavy atom. The van der Waals surface area contributed by atoms with Gasteiger partial charge < -0.3 is 9.47 Å². The monoisotopic (exact) mass is 222 g/mol. The minimum absolute atomic E-state index is 0.277. The van der Waals surface area contributed by atoms with Crippen molar-refractivity contribution < 1.29 is 14.3 Å². The van der Waals surface area contributed by atoms with Crippen LogP contribution in [0.15, 0.2) is 30.3 Å². The summed E-state index contributed by atoms with van der Waals surface area (Å²) in [7, 11) is 1.53. The van der Waals surface area contributed by atoms with Crippen molar-refractivity contribution in [2.24, 2.45) is 0 Å². The lowest BCUT2D eigenvalue weighted by Crippen LogP contribution is -2.26. The van der Waals surface area contributed by atoms with Gasteiger partial charge in [0.15, 0.2) is 6.10 Å². The Morgan fingerprint density at radius 2 is 2.00 bits per heavy atom. The minimum Gasteiger partial charge on any atom is -0.464 e. The maximum absolute atomic E-state index is 11.4. The molecule has 1 rings (SSSR count). The lowest BCUT2D eigenvalue weighted by molar-refractivity contribution is -0.155. The van der Waals surface area contributed by atoms with Crippen LogP contribution in [0.4, 0.5) is 0 Å². The van der Waals surface area contributed by atoms with Crippen LogP contribution >= 0.6 is 0 Å². The highest BCUT2D eigenvalue weighted by atomic mass is 16.6. The smallest absolute Gasteiger partial charge is 0.335 e. The van der Waals surface area contributed by atoms with E-state index in [1.807, 2.05) is 30.3 Å². The molecule has 1 aromatic rings. The molecule has 1 atom stereocenters. The van der Waals surface area contributed by atoms with Gasteiger partial charge in [0.1, 0.15) is 0 Å². The number of aryl methyl sites for hydroxylation is 1. The van der Waals surface area contributed by atoms with Gasteiger partial charge in [0.2, 0.25) is 0 Å². The maximum atomic E-state index is 11.4.